The van der Waals surface area contributed by atoms with Crippen LogP contribution < -0.4 is 4.90 Å². The first kappa shape index (κ1) is 16.0. The third kappa shape index (κ3) is 2.48. The maximum absolute atomic E-state index is 12.0. The zero-order chi connectivity index (χ0) is 18.5. The van der Waals surface area contributed by atoms with Gasteiger partial charge in [-0.05, 0) is 24.3 Å². The lowest BCUT2D eigenvalue weighted by molar-refractivity contribution is -0.116. The summed E-state index contributed by atoms with van der Waals surface area (Å²) in [6, 6.07) is 9.29. The summed E-state index contributed by atoms with van der Waals surface area (Å²) >= 11 is 6.10. The van der Waals surface area contributed by atoms with Crippen molar-refractivity contribution in [3.8, 4) is 22.6 Å². The van der Waals surface area contributed by atoms with Gasteiger partial charge in [-0.25, -0.2) is 19.5 Å². The SMILES string of the molecule is CC(=O)N1CCn2c1nc(-c1cccc(Cl)n1)c2-c1ccc2ncnn2c1. The molecule has 0 fully saturated rings. The Hall–Kier alpha value is -3.26. The summed E-state index contributed by atoms with van der Waals surface area (Å²) in [6.45, 7) is 2.80. The Kier molecular flexibility index (Phi) is 3.48. The molecule has 1 amide bonds. The van der Waals surface area contributed by atoms with Crippen molar-refractivity contribution in [2.24, 2.45) is 0 Å². The first-order chi connectivity index (χ1) is 13.1. The minimum Gasteiger partial charge on any atom is -0.307 e. The molecule has 0 saturated carbocycles. The average molecular weight is 380 g/mol. The number of pyridine rings is 2. The fourth-order valence-corrected chi connectivity index (χ4v) is 3.59. The number of anilines is 1. The number of imidazole rings is 1. The summed E-state index contributed by atoms with van der Waals surface area (Å²) in [7, 11) is 0. The molecule has 0 atom stereocenters. The minimum atomic E-state index is -0.0392. The molecule has 0 aliphatic carbocycles. The smallest absolute Gasteiger partial charge is 0.226 e. The molecule has 1 aliphatic rings. The number of amides is 1. The summed E-state index contributed by atoms with van der Waals surface area (Å²) in [6.07, 6.45) is 3.41. The second-order valence-electron chi connectivity index (χ2n) is 6.26. The van der Waals surface area contributed by atoms with Gasteiger partial charge in [-0.2, -0.15) is 5.10 Å². The van der Waals surface area contributed by atoms with Crippen molar-refractivity contribution in [3.05, 3.63) is 48.0 Å². The highest BCUT2D eigenvalue weighted by molar-refractivity contribution is 6.29. The highest BCUT2D eigenvalue weighted by atomic mass is 35.5. The van der Waals surface area contributed by atoms with Gasteiger partial charge in [0.15, 0.2) is 5.65 Å². The van der Waals surface area contributed by atoms with Gasteiger partial charge >= 0.3 is 0 Å². The van der Waals surface area contributed by atoms with E-state index in [1.54, 1.807) is 22.4 Å². The molecule has 1 aliphatic heterocycles. The van der Waals surface area contributed by atoms with Crippen LogP contribution in [0.3, 0.4) is 0 Å². The average Bonchev–Trinajstić information content (AvgIpc) is 3.35. The van der Waals surface area contributed by atoms with Crippen molar-refractivity contribution in [3.63, 3.8) is 0 Å². The standard InChI is InChI=1S/C18H14ClN7O/c1-11(27)24-7-8-25-17(12-5-6-15-20-10-21-26(15)9-12)16(23-18(24)25)13-3-2-4-14(19)22-13/h2-6,9-10H,7-8H2,1H3. The molecule has 0 spiro atoms. The lowest BCUT2D eigenvalue weighted by atomic mass is 10.1. The van der Waals surface area contributed by atoms with Crippen LogP contribution in [0.15, 0.2) is 42.9 Å². The van der Waals surface area contributed by atoms with E-state index in [0.29, 0.717) is 35.6 Å². The van der Waals surface area contributed by atoms with E-state index < -0.39 is 0 Å². The maximum Gasteiger partial charge on any atom is 0.226 e. The van der Waals surface area contributed by atoms with Crippen LogP contribution in [0, 0.1) is 0 Å². The second-order valence-corrected chi connectivity index (χ2v) is 6.64. The molecule has 0 unspecified atom stereocenters. The number of nitrogens with zero attached hydrogens (tertiary/aromatic N) is 7. The third-order valence-corrected chi connectivity index (χ3v) is 4.83. The first-order valence-electron chi connectivity index (χ1n) is 8.43. The lowest BCUT2D eigenvalue weighted by Gasteiger charge is -2.09. The van der Waals surface area contributed by atoms with E-state index >= 15 is 0 Å². The van der Waals surface area contributed by atoms with Gasteiger partial charge in [-0.3, -0.25) is 9.69 Å². The molecule has 0 N–H and O–H groups in total. The van der Waals surface area contributed by atoms with E-state index in [4.69, 9.17) is 16.6 Å². The van der Waals surface area contributed by atoms with Crippen LogP contribution >= 0.6 is 11.6 Å². The topological polar surface area (TPSA) is 81.2 Å². The highest BCUT2D eigenvalue weighted by Gasteiger charge is 2.30. The van der Waals surface area contributed by atoms with Crippen LogP contribution in [0.25, 0.3) is 28.3 Å². The molecular formula is C18H14ClN7O. The van der Waals surface area contributed by atoms with Gasteiger partial charge in [0.05, 0.1) is 11.4 Å². The summed E-state index contributed by atoms with van der Waals surface area (Å²) < 4.78 is 3.75. The predicted molar refractivity (Wildman–Crippen MR) is 100 cm³/mol. The van der Waals surface area contributed by atoms with E-state index in [1.165, 1.54) is 6.33 Å². The van der Waals surface area contributed by atoms with E-state index in [9.17, 15) is 4.79 Å². The molecule has 0 saturated heterocycles. The third-order valence-electron chi connectivity index (χ3n) is 4.62. The van der Waals surface area contributed by atoms with E-state index in [-0.39, 0.29) is 5.91 Å². The number of fused-ring (bicyclic) bond motifs is 2. The van der Waals surface area contributed by atoms with Crippen molar-refractivity contribution in [2.75, 3.05) is 11.4 Å². The quantitative estimate of drug-likeness (QED) is 0.500. The molecule has 27 heavy (non-hydrogen) atoms. The number of halogens is 1. The molecule has 0 aromatic carbocycles. The van der Waals surface area contributed by atoms with Crippen molar-refractivity contribution >= 4 is 29.1 Å². The summed E-state index contributed by atoms with van der Waals surface area (Å²) in [5.41, 5.74) is 3.88. The Morgan fingerprint density at radius 3 is 2.85 bits per heavy atom. The number of carbonyl (C=O) groups is 1. The normalized spacial score (nSPS) is 13.3. The van der Waals surface area contributed by atoms with Crippen LogP contribution in [0.2, 0.25) is 5.15 Å². The summed E-state index contributed by atoms with van der Waals surface area (Å²) in [4.78, 5) is 27.0. The lowest BCUT2D eigenvalue weighted by Crippen LogP contribution is -2.26. The highest BCUT2D eigenvalue weighted by Crippen LogP contribution is 2.37. The largest absolute Gasteiger partial charge is 0.307 e. The molecule has 4 aromatic heterocycles. The number of hydrogen-bond donors (Lipinski definition) is 0. The Morgan fingerprint density at radius 2 is 2.04 bits per heavy atom. The van der Waals surface area contributed by atoms with Crippen LogP contribution in [0.4, 0.5) is 5.95 Å². The van der Waals surface area contributed by atoms with Gasteiger partial charge in [0.25, 0.3) is 0 Å². The van der Waals surface area contributed by atoms with E-state index in [1.807, 2.05) is 35.0 Å². The molecule has 5 rings (SSSR count). The molecule has 0 radical (unpaired) electrons. The Balaban J connectivity index is 1.77. The van der Waals surface area contributed by atoms with E-state index in [2.05, 4.69) is 15.1 Å². The minimum absolute atomic E-state index is 0.0392. The fourth-order valence-electron chi connectivity index (χ4n) is 3.43. The van der Waals surface area contributed by atoms with Crippen molar-refractivity contribution in [1.82, 2.24) is 29.1 Å². The molecule has 8 nitrogen and oxygen atoms in total. The molecule has 134 valence electrons. The fraction of sp³-hybridized carbons (Fsp3) is 0.167. The molecule has 4 aromatic rings. The van der Waals surface area contributed by atoms with Gasteiger partial charge < -0.3 is 4.57 Å². The van der Waals surface area contributed by atoms with Crippen molar-refractivity contribution in [1.29, 1.82) is 0 Å². The van der Waals surface area contributed by atoms with Gasteiger partial charge in [-0.1, -0.05) is 17.7 Å². The second kappa shape index (κ2) is 5.88. The van der Waals surface area contributed by atoms with Crippen molar-refractivity contribution in [2.45, 2.75) is 13.5 Å². The summed E-state index contributed by atoms with van der Waals surface area (Å²) in [5.74, 6) is 0.579. The van der Waals surface area contributed by atoms with Crippen LogP contribution in [0.1, 0.15) is 6.92 Å². The summed E-state index contributed by atoms with van der Waals surface area (Å²) in [5, 5.41) is 4.61. The van der Waals surface area contributed by atoms with Gasteiger partial charge in [0, 0.05) is 31.8 Å². The number of aromatic nitrogens is 6. The first-order valence-corrected chi connectivity index (χ1v) is 8.81. The number of rotatable bonds is 2. The van der Waals surface area contributed by atoms with E-state index in [0.717, 1.165) is 16.9 Å². The number of carbonyl (C=O) groups excluding carboxylic acids is 1. The van der Waals surface area contributed by atoms with Crippen LogP contribution in [-0.2, 0) is 11.3 Å². The Morgan fingerprint density at radius 1 is 1.15 bits per heavy atom. The maximum atomic E-state index is 12.0. The Bertz CT molecular complexity index is 1200. The zero-order valence-corrected chi connectivity index (χ0v) is 15.1. The molecule has 0 bridgehead atoms. The van der Waals surface area contributed by atoms with Crippen LogP contribution in [-0.4, -0.2) is 41.6 Å². The van der Waals surface area contributed by atoms with Crippen LogP contribution in [0.5, 0.6) is 0 Å². The van der Waals surface area contributed by atoms with Gasteiger partial charge in [0.2, 0.25) is 11.9 Å². The van der Waals surface area contributed by atoms with Gasteiger partial charge in [0.1, 0.15) is 17.2 Å². The van der Waals surface area contributed by atoms with Crippen molar-refractivity contribution < 1.29 is 4.79 Å². The monoisotopic (exact) mass is 379 g/mol. The molecule has 5 heterocycles. The Labute approximate surface area is 159 Å². The van der Waals surface area contributed by atoms with Gasteiger partial charge in [-0.15, -0.1) is 0 Å². The molecular weight excluding hydrogens is 366 g/mol. The zero-order valence-electron chi connectivity index (χ0n) is 14.4. The number of hydrogen-bond acceptors (Lipinski definition) is 5. The molecule has 9 heteroatoms. The predicted octanol–water partition coefficient (Wildman–Crippen LogP) is 2.67.